The second-order valence-electron chi connectivity index (χ2n) is 5.82. The second kappa shape index (κ2) is 5.36. The fraction of sp³-hybridized carbons (Fsp3) is 0.923. The molecule has 1 amide bonds. The van der Waals surface area contributed by atoms with Crippen molar-refractivity contribution in [3.63, 3.8) is 0 Å². The van der Waals surface area contributed by atoms with Gasteiger partial charge in [0.25, 0.3) is 0 Å². The van der Waals surface area contributed by atoms with E-state index in [-0.39, 0.29) is 0 Å². The Hall–Kier alpha value is -0.610. The maximum atomic E-state index is 12.1. The summed E-state index contributed by atoms with van der Waals surface area (Å²) in [6.07, 6.45) is 5.51. The molecule has 0 saturated carbocycles. The number of carbonyl (C=O) groups is 1. The van der Waals surface area contributed by atoms with E-state index in [0.29, 0.717) is 30.5 Å². The monoisotopic (exact) mass is 239 g/mol. The highest BCUT2D eigenvalue weighted by molar-refractivity contribution is 5.76. The minimum Gasteiger partial charge on any atom is -0.343 e. The van der Waals surface area contributed by atoms with E-state index in [1.165, 1.54) is 12.8 Å². The van der Waals surface area contributed by atoms with Gasteiger partial charge in [-0.1, -0.05) is 0 Å². The second-order valence-corrected chi connectivity index (χ2v) is 5.82. The summed E-state index contributed by atoms with van der Waals surface area (Å²) in [6.45, 7) is 0.848. The van der Waals surface area contributed by atoms with E-state index in [9.17, 15) is 4.79 Å². The minimum atomic E-state index is 0.296. The van der Waals surface area contributed by atoms with E-state index in [0.717, 1.165) is 19.4 Å². The van der Waals surface area contributed by atoms with Gasteiger partial charge in [0.15, 0.2) is 0 Å². The Morgan fingerprint density at radius 3 is 2.29 bits per heavy atom. The van der Waals surface area contributed by atoms with Gasteiger partial charge in [-0.2, -0.15) is 0 Å². The molecular weight excluding hydrogens is 214 g/mol. The van der Waals surface area contributed by atoms with Gasteiger partial charge >= 0.3 is 0 Å². The topological polar surface area (TPSA) is 35.6 Å². The predicted molar refractivity (Wildman–Crippen MR) is 68.9 cm³/mol. The number of hydrogen-bond acceptors (Lipinski definition) is 3. The van der Waals surface area contributed by atoms with E-state index in [1.807, 2.05) is 26.0 Å². The van der Waals surface area contributed by atoms with Crippen LogP contribution in [0.4, 0.5) is 0 Å². The van der Waals surface area contributed by atoms with Crippen molar-refractivity contribution in [3.8, 4) is 0 Å². The fourth-order valence-corrected chi connectivity index (χ4v) is 3.04. The lowest BCUT2D eigenvalue weighted by Crippen LogP contribution is -2.49. The first-order valence-corrected chi connectivity index (χ1v) is 6.72. The molecule has 17 heavy (non-hydrogen) atoms. The lowest BCUT2D eigenvalue weighted by molar-refractivity contribution is -0.132. The molecule has 1 N–H and O–H groups in total. The standard InChI is InChI=1S/C13H25N3O/c1-15(2)7-6-13(17)16(3)12-8-10-4-5-11(9-12)14-10/h10-12,14H,4-9H2,1-3H3. The van der Waals surface area contributed by atoms with Gasteiger partial charge in [-0.3, -0.25) is 4.79 Å². The number of carbonyl (C=O) groups excluding carboxylic acids is 1. The van der Waals surface area contributed by atoms with Crippen molar-refractivity contribution in [1.82, 2.24) is 15.1 Å². The smallest absolute Gasteiger partial charge is 0.223 e. The Bertz CT molecular complexity index is 268. The molecule has 0 aromatic heterocycles. The van der Waals surface area contributed by atoms with Crippen LogP contribution >= 0.6 is 0 Å². The van der Waals surface area contributed by atoms with Gasteiger partial charge in [0, 0.05) is 38.1 Å². The Morgan fingerprint density at radius 1 is 1.18 bits per heavy atom. The van der Waals surface area contributed by atoms with Crippen LogP contribution in [-0.4, -0.2) is 61.5 Å². The lowest BCUT2D eigenvalue weighted by atomic mass is 9.98. The Kier molecular flexibility index (Phi) is 4.05. The average Bonchev–Trinajstić information content (AvgIpc) is 2.64. The van der Waals surface area contributed by atoms with E-state index in [4.69, 9.17) is 0 Å². The summed E-state index contributed by atoms with van der Waals surface area (Å²) in [4.78, 5) is 16.1. The maximum Gasteiger partial charge on any atom is 0.223 e. The first-order valence-electron chi connectivity index (χ1n) is 6.72. The van der Waals surface area contributed by atoms with Gasteiger partial charge in [-0.05, 0) is 39.8 Å². The van der Waals surface area contributed by atoms with Crippen LogP contribution in [0.2, 0.25) is 0 Å². The van der Waals surface area contributed by atoms with Gasteiger partial charge in [-0.15, -0.1) is 0 Å². The summed E-state index contributed by atoms with van der Waals surface area (Å²) < 4.78 is 0. The molecule has 2 bridgehead atoms. The van der Waals surface area contributed by atoms with E-state index in [2.05, 4.69) is 10.2 Å². The quantitative estimate of drug-likeness (QED) is 0.783. The lowest BCUT2D eigenvalue weighted by Gasteiger charge is -2.35. The molecule has 4 heteroatoms. The molecule has 2 fully saturated rings. The zero-order valence-electron chi connectivity index (χ0n) is 11.3. The van der Waals surface area contributed by atoms with Crippen molar-refractivity contribution < 1.29 is 4.79 Å². The van der Waals surface area contributed by atoms with E-state index in [1.54, 1.807) is 0 Å². The number of nitrogens with one attached hydrogen (secondary N) is 1. The van der Waals surface area contributed by atoms with Crippen LogP contribution in [0.1, 0.15) is 32.1 Å². The Balaban J connectivity index is 1.82. The first-order chi connectivity index (χ1) is 8.06. The highest BCUT2D eigenvalue weighted by Gasteiger charge is 2.36. The van der Waals surface area contributed by atoms with Gasteiger partial charge in [0.1, 0.15) is 0 Å². The molecule has 0 spiro atoms. The van der Waals surface area contributed by atoms with Crippen LogP contribution < -0.4 is 5.32 Å². The first kappa shape index (κ1) is 12.8. The van der Waals surface area contributed by atoms with Crippen LogP contribution in [0.25, 0.3) is 0 Å². The van der Waals surface area contributed by atoms with Gasteiger partial charge in [-0.25, -0.2) is 0 Å². The van der Waals surface area contributed by atoms with Crippen molar-refractivity contribution in [2.24, 2.45) is 0 Å². The third kappa shape index (κ3) is 3.19. The molecule has 2 heterocycles. The number of piperidine rings is 1. The predicted octanol–water partition coefficient (Wildman–Crippen LogP) is 0.679. The van der Waals surface area contributed by atoms with Crippen molar-refractivity contribution in [2.45, 2.75) is 50.2 Å². The molecule has 2 atom stereocenters. The van der Waals surface area contributed by atoms with Crippen molar-refractivity contribution >= 4 is 5.91 Å². The van der Waals surface area contributed by atoms with Crippen LogP contribution in [0.15, 0.2) is 0 Å². The third-order valence-electron chi connectivity index (χ3n) is 4.16. The molecule has 0 radical (unpaired) electrons. The van der Waals surface area contributed by atoms with Crippen molar-refractivity contribution in [2.75, 3.05) is 27.7 Å². The number of nitrogens with zero attached hydrogens (tertiary/aromatic N) is 2. The molecule has 0 aliphatic carbocycles. The van der Waals surface area contributed by atoms with Crippen LogP contribution in [0.5, 0.6) is 0 Å². The number of rotatable bonds is 4. The van der Waals surface area contributed by atoms with Crippen LogP contribution in [0, 0.1) is 0 Å². The molecule has 2 rings (SSSR count). The van der Waals surface area contributed by atoms with Crippen molar-refractivity contribution in [3.05, 3.63) is 0 Å². The SMILES string of the molecule is CN(C)CCC(=O)N(C)C1CC2CCC(C1)N2. The largest absolute Gasteiger partial charge is 0.343 e. The number of hydrogen-bond donors (Lipinski definition) is 1. The average molecular weight is 239 g/mol. The maximum absolute atomic E-state index is 12.1. The molecule has 2 aliphatic rings. The molecule has 2 aliphatic heterocycles. The summed E-state index contributed by atoms with van der Waals surface area (Å²) in [7, 11) is 6.00. The van der Waals surface area contributed by atoms with Crippen LogP contribution in [-0.2, 0) is 4.79 Å². The molecule has 4 nitrogen and oxygen atoms in total. The molecule has 2 unspecified atom stereocenters. The summed E-state index contributed by atoms with van der Waals surface area (Å²) in [5.41, 5.74) is 0. The third-order valence-corrected chi connectivity index (χ3v) is 4.16. The van der Waals surface area contributed by atoms with E-state index < -0.39 is 0 Å². The number of amides is 1. The Morgan fingerprint density at radius 2 is 1.76 bits per heavy atom. The van der Waals surface area contributed by atoms with Gasteiger partial charge < -0.3 is 15.1 Å². The molecule has 2 saturated heterocycles. The summed E-state index contributed by atoms with van der Waals surface area (Å²) in [6, 6.07) is 1.77. The Labute approximate surface area is 104 Å². The summed E-state index contributed by atoms with van der Waals surface area (Å²) in [5.74, 6) is 0.296. The summed E-state index contributed by atoms with van der Waals surface area (Å²) in [5, 5.41) is 3.62. The zero-order chi connectivity index (χ0) is 12.4. The highest BCUT2D eigenvalue weighted by Crippen LogP contribution is 2.29. The minimum absolute atomic E-state index is 0.296. The molecule has 0 aromatic carbocycles. The fourth-order valence-electron chi connectivity index (χ4n) is 3.04. The highest BCUT2D eigenvalue weighted by atomic mass is 16.2. The van der Waals surface area contributed by atoms with Gasteiger partial charge in [0.2, 0.25) is 5.91 Å². The molecular formula is C13H25N3O. The van der Waals surface area contributed by atoms with Crippen LogP contribution in [0.3, 0.4) is 0 Å². The summed E-state index contributed by atoms with van der Waals surface area (Å²) >= 11 is 0. The van der Waals surface area contributed by atoms with Crippen molar-refractivity contribution in [1.29, 1.82) is 0 Å². The van der Waals surface area contributed by atoms with E-state index >= 15 is 0 Å². The normalized spacial score (nSPS) is 31.9. The molecule has 98 valence electrons. The molecule has 0 aromatic rings. The number of fused-ring (bicyclic) bond motifs is 2. The zero-order valence-corrected chi connectivity index (χ0v) is 11.3. The van der Waals surface area contributed by atoms with Gasteiger partial charge in [0.05, 0.1) is 0 Å².